The van der Waals surface area contributed by atoms with Crippen LogP contribution in [0.15, 0.2) is 65.6 Å². The summed E-state index contributed by atoms with van der Waals surface area (Å²) in [4.78, 5) is 67.5. The van der Waals surface area contributed by atoms with Crippen LogP contribution in [0, 0.1) is 16.0 Å². The summed E-state index contributed by atoms with van der Waals surface area (Å²) in [5.74, 6) is -1.12. The van der Waals surface area contributed by atoms with Crippen molar-refractivity contribution in [3.8, 4) is 11.4 Å². The first-order chi connectivity index (χ1) is 22.8. The van der Waals surface area contributed by atoms with E-state index in [1.54, 1.807) is 54.5 Å². The van der Waals surface area contributed by atoms with Crippen LogP contribution in [-0.2, 0) is 26.5 Å². The van der Waals surface area contributed by atoms with Gasteiger partial charge in [-0.25, -0.2) is 0 Å². The van der Waals surface area contributed by atoms with E-state index in [2.05, 4.69) is 0 Å². The molecule has 48 heavy (non-hydrogen) atoms. The first-order valence-electron chi connectivity index (χ1n) is 16.1. The maximum Gasteiger partial charge on any atom is 0.297 e. The summed E-state index contributed by atoms with van der Waals surface area (Å²) in [6.07, 6.45) is 2.15. The van der Waals surface area contributed by atoms with Gasteiger partial charge in [-0.3, -0.25) is 29.1 Å². The van der Waals surface area contributed by atoms with Gasteiger partial charge in [0.1, 0.15) is 0 Å². The minimum absolute atomic E-state index is 0.0637. The number of hydrogen-bond donors (Lipinski definition) is 2. The zero-order valence-corrected chi connectivity index (χ0v) is 28.4. The van der Waals surface area contributed by atoms with Crippen molar-refractivity contribution in [1.29, 1.82) is 0 Å². The molecule has 0 bridgehead atoms. The van der Waals surface area contributed by atoms with E-state index < -0.39 is 42.3 Å². The number of aromatic nitrogens is 1. The smallest absolute Gasteiger partial charge is 0.297 e. The molecule has 0 unspecified atom stereocenters. The average molecular weight is 677 g/mol. The Bertz CT molecular complexity index is 1820. The summed E-state index contributed by atoms with van der Waals surface area (Å²) in [6.45, 7) is 5.72. The van der Waals surface area contributed by atoms with E-state index in [1.807, 2.05) is 13.0 Å². The number of methoxy groups -OCH3 is 1. The molecule has 2 aromatic carbocycles. The Morgan fingerprint density at radius 1 is 1.17 bits per heavy atom. The number of aliphatic hydroxyl groups excluding tert-OH is 1. The number of hydrogen-bond acceptors (Lipinski definition) is 9. The van der Waals surface area contributed by atoms with Gasteiger partial charge in [-0.15, -0.1) is 0 Å². The number of carbonyl (C=O) groups is 2. The highest BCUT2D eigenvalue weighted by molar-refractivity contribution is 6.71. The van der Waals surface area contributed by atoms with Crippen LogP contribution < -0.4 is 15.2 Å². The summed E-state index contributed by atoms with van der Waals surface area (Å²) in [5, 5.41) is 21.8. The molecule has 1 spiro atoms. The lowest BCUT2D eigenvalue weighted by atomic mass is 9.82. The molecule has 14 heteroatoms. The standard InChI is InChI=1S/C34H40N4O9Si/c1-21-31(48(3,4)45)29(18-30(40)35-14-6-10-25(35)20-39)47-34(21)26-17-24(38(43)44)12-13-27(26)37(33(34)42)19-22-8-5-9-23(16-22)36-15-7-11-28(46-2)32(36)41/h5,7-9,11-13,15-17,21,25,29,31,39,45H,6,10,14,18-20H2,1-4H3/t21-,25+,29+,31-,34+/m1/s1. The molecule has 6 rings (SSSR count). The Labute approximate surface area is 278 Å². The Morgan fingerprint density at radius 2 is 1.94 bits per heavy atom. The number of rotatable bonds is 9. The lowest BCUT2D eigenvalue weighted by molar-refractivity contribution is -0.385. The van der Waals surface area contributed by atoms with Gasteiger partial charge >= 0.3 is 0 Å². The predicted molar refractivity (Wildman–Crippen MR) is 178 cm³/mol. The third-order valence-electron chi connectivity index (χ3n) is 10.1. The first kappa shape index (κ1) is 33.5. The largest absolute Gasteiger partial charge is 0.491 e. The number of non-ortho nitro benzene ring substituents is 1. The van der Waals surface area contributed by atoms with Crippen molar-refractivity contribution in [2.24, 2.45) is 5.92 Å². The molecule has 3 aliphatic heterocycles. The van der Waals surface area contributed by atoms with Gasteiger partial charge < -0.3 is 29.2 Å². The van der Waals surface area contributed by atoms with Crippen molar-refractivity contribution in [1.82, 2.24) is 9.47 Å². The molecule has 0 radical (unpaired) electrons. The number of aliphatic hydroxyl groups is 1. The van der Waals surface area contributed by atoms with Gasteiger partial charge in [0.25, 0.3) is 17.2 Å². The Morgan fingerprint density at radius 3 is 2.62 bits per heavy atom. The number of pyridine rings is 1. The molecule has 0 saturated carbocycles. The van der Waals surface area contributed by atoms with Crippen LogP contribution in [0.5, 0.6) is 5.75 Å². The van der Waals surface area contributed by atoms with E-state index in [4.69, 9.17) is 9.47 Å². The second-order valence-corrected chi connectivity index (χ2v) is 17.4. The zero-order chi connectivity index (χ0) is 34.5. The average Bonchev–Trinajstić information content (AvgIpc) is 3.71. The second kappa shape index (κ2) is 12.6. The third-order valence-corrected chi connectivity index (χ3v) is 12.6. The number of amides is 2. The van der Waals surface area contributed by atoms with E-state index in [9.17, 15) is 34.4 Å². The maximum atomic E-state index is 14.8. The SMILES string of the molecule is COc1cccn(-c2cccc(CN3C(=O)[C@@]4(O[C@@H](CC(=O)N5CCC[C@H]5CO)[C@H]([Si](C)(C)O)[C@H]4C)c4cc([N+](=O)[O-])ccc43)c2)c1=O. The molecule has 2 N–H and O–H groups in total. The number of nitro groups is 1. The van der Waals surface area contributed by atoms with Gasteiger partial charge in [0.15, 0.2) is 19.7 Å². The summed E-state index contributed by atoms with van der Waals surface area (Å²) >= 11 is 0. The molecule has 4 heterocycles. The molecule has 2 amide bonds. The van der Waals surface area contributed by atoms with Crippen LogP contribution in [0.25, 0.3) is 5.69 Å². The van der Waals surface area contributed by atoms with Crippen LogP contribution in [-0.4, -0.2) is 76.8 Å². The van der Waals surface area contributed by atoms with Gasteiger partial charge in [-0.2, -0.15) is 0 Å². The van der Waals surface area contributed by atoms with Gasteiger partial charge in [0.05, 0.1) is 49.4 Å². The topological polar surface area (TPSA) is 165 Å². The van der Waals surface area contributed by atoms with E-state index in [1.165, 1.54) is 34.8 Å². The van der Waals surface area contributed by atoms with E-state index >= 15 is 0 Å². The van der Waals surface area contributed by atoms with Gasteiger partial charge in [-0.1, -0.05) is 19.1 Å². The summed E-state index contributed by atoms with van der Waals surface area (Å²) < 4.78 is 13.4. The molecule has 5 atom stereocenters. The quantitative estimate of drug-likeness (QED) is 0.196. The Hall–Kier alpha value is -4.37. The number of benzene rings is 2. The number of anilines is 1. The van der Waals surface area contributed by atoms with E-state index in [0.717, 1.165) is 6.42 Å². The molecule has 2 fully saturated rings. The van der Waals surface area contributed by atoms with Crippen molar-refractivity contribution < 1.29 is 33.9 Å². The summed E-state index contributed by atoms with van der Waals surface area (Å²) in [5.41, 5.74) is -0.804. The number of carbonyl (C=O) groups excluding carboxylic acids is 2. The van der Waals surface area contributed by atoms with Crippen LogP contribution in [0.1, 0.15) is 37.3 Å². The first-order valence-corrected chi connectivity index (χ1v) is 19.1. The molecule has 13 nitrogen and oxygen atoms in total. The van der Waals surface area contributed by atoms with E-state index in [0.29, 0.717) is 35.5 Å². The number of likely N-dealkylation sites (tertiary alicyclic amines) is 1. The highest BCUT2D eigenvalue weighted by Gasteiger charge is 2.66. The number of nitrogens with zero attached hydrogens (tertiary/aromatic N) is 4. The van der Waals surface area contributed by atoms with E-state index in [-0.39, 0.29) is 48.5 Å². The summed E-state index contributed by atoms with van der Waals surface area (Å²) in [7, 11) is -1.69. The minimum Gasteiger partial charge on any atom is -0.491 e. The lowest BCUT2D eigenvalue weighted by Crippen LogP contribution is -2.46. The number of fused-ring (bicyclic) bond motifs is 2. The van der Waals surface area contributed by atoms with Crippen molar-refractivity contribution in [2.45, 2.75) is 69.1 Å². The molecule has 2 saturated heterocycles. The molecular weight excluding hydrogens is 636 g/mol. The molecule has 0 aliphatic carbocycles. The predicted octanol–water partition coefficient (Wildman–Crippen LogP) is 3.47. The fourth-order valence-corrected chi connectivity index (χ4v) is 10.6. The fourth-order valence-electron chi connectivity index (χ4n) is 8.00. The van der Waals surface area contributed by atoms with Gasteiger partial charge in [0, 0.05) is 47.6 Å². The number of nitro benzene ring substituents is 1. The molecule has 3 aliphatic rings. The third kappa shape index (κ3) is 5.51. The fraction of sp³-hybridized carbons (Fsp3) is 0.441. The van der Waals surface area contributed by atoms with Crippen molar-refractivity contribution >= 4 is 31.5 Å². The van der Waals surface area contributed by atoms with Crippen molar-refractivity contribution in [3.05, 3.63) is 92.4 Å². The zero-order valence-electron chi connectivity index (χ0n) is 27.4. The molecule has 254 valence electrons. The highest BCUT2D eigenvalue weighted by atomic mass is 28.4. The normalized spacial score (nSPS) is 25.2. The second-order valence-electron chi connectivity index (χ2n) is 13.4. The van der Waals surface area contributed by atoms with Crippen LogP contribution in [0.3, 0.4) is 0 Å². The van der Waals surface area contributed by atoms with Crippen molar-refractivity contribution in [3.63, 3.8) is 0 Å². The monoisotopic (exact) mass is 676 g/mol. The maximum absolute atomic E-state index is 14.8. The van der Waals surface area contributed by atoms with Gasteiger partial charge in [0.2, 0.25) is 5.91 Å². The van der Waals surface area contributed by atoms with Crippen LogP contribution in [0.2, 0.25) is 18.6 Å². The summed E-state index contributed by atoms with van der Waals surface area (Å²) in [6, 6.07) is 14.4. The lowest BCUT2D eigenvalue weighted by Gasteiger charge is -2.32. The Balaban J connectivity index is 1.40. The number of ether oxygens (including phenoxy) is 2. The van der Waals surface area contributed by atoms with Crippen LogP contribution in [0.4, 0.5) is 11.4 Å². The molecular formula is C34H40N4O9Si. The minimum atomic E-state index is -3.11. The Kier molecular flexibility index (Phi) is 8.79. The molecule has 1 aromatic heterocycles. The molecule has 3 aromatic rings. The van der Waals surface area contributed by atoms with Crippen molar-refractivity contribution in [2.75, 3.05) is 25.2 Å². The van der Waals surface area contributed by atoms with Crippen LogP contribution >= 0.6 is 0 Å². The highest BCUT2D eigenvalue weighted by Crippen LogP contribution is 2.60. The van der Waals surface area contributed by atoms with Gasteiger partial charge in [-0.05, 0) is 61.8 Å².